The average Bonchev–Trinajstić information content (AvgIpc) is 2.46. The number of hydrogen-bond donors (Lipinski definition) is 2. The Hall–Kier alpha value is -1.55. The van der Waals surface area contributed by atoms with Crippen molar-refractivity contribution in [3.8, 4) is 5.75 Å². The molecule has 4 nitrogen and oxygen atoms in total. The van der Waals surface area contributed by atoms with Crippen molar-refractivity contribution in [3.05, 3.63) is 29.8 Å². The van der Waals surface area contributed by atoms with Crippen LogP contribution in [0.4, 0.5) is 0 Å². The third-order valence-electron chi connectivity index (χ3n) is 3.78. The van der Waals surface area contributed by atoms with Gasteiger partial charge < -0.3 is 15.2 Å². The lowest BCUT2D eigenvalue weighted by Gasteiger charge is -2.27. The van der Waals surface area contributed by atoms with Crippen molar-refractivity contribution in [2.45, 2.75) is 38.3 Å². The van der Waals surface area contributed by atoms with E-state index in [4.69, 9.17) is 9.84 Å². The Balaban J connectivity index is 1.82. The predicted molar refractivity (Wildman–Crippen MR) is 73.2 cm³/mol. The van der Waals surface area contributed by atoms with Gasteiger partial charge in [0.2, 0.25) is 0 Å². The summed E-state index contributed by atoms with van der Waals surface area (Å²) in [6.07, 6.45) is 3.62. The number of rotatable bonds is 5. The highest BCUT2D eigenvalue weighted by atomic mass is 16.5. The maximum absolute atomic E-state index is 11.0. The molecule has 1 fully saturated rings. The summed E-state index contributed by atoms with van der Waals surface area (Å²) in [6, 6.07) is 8.26. The SMILES string of the molecule is COc1ccc(CNC2CCCC(C(=O)O)C2)cc1. The molecule has 0 saturated heterocycles. The molecule has 0 spiro atoms. The third kappa shape index (κ3) is 3.96. The van der Waals surface area contributed by atoms with Crippen LogP contribution < -0.4 is 10.1 Å². The first-order chi connectivity index (χ1) is 9.19. The minimum atomic E-state index is -0.657. The standard InChI is InChI=1S/C15H21NO3/c1-19-14-7-5-11(6-8-14)10-16-13-4-2-3-12(9-13)15(17)18/h5-8,12-13,16H,2-4,9-10H2,1H3,(H,17,18). The quantitative estimate of drug-likeness (QED) is 0.856. The van der Waals surface area contributed by atoms with Crippen LogP contribution in [0.2, 0.25) is 0 Å². The first kappa shape index (κ1) is 13.9. The average molecular weight is 263 g/mol. The predicted octanol–water partition coefficient (Wildman–Crippen LogP) is 2.43. The lowest BCUT2D eigenvalue weighted by Crippen LogP contribution is -2.36. The van der Waals surface area contributed by atoms with Gasteiger partial charge in [-0.2, -0.15) is 0 Å². The monoisotopic (exact) mass is 263 g/mol. The van der Waals surface area contributed by atoms with E-state index in [1.165, 1.54) is 5.56 Å². The first-order valence-corrected chi connectivity index (χ1v) is 6.78. The second-order valence-corrected chi connectivity index (χ2v) is 5.13. The second-order valence-electron chi connectivity index (χ2n) is 5.13. The zero-order valence-corrected chi connectivity index (χ0v) is 11.3. The fraction of sp³-hybridized carbons (Fsp3) is 0.533. The number of carbonyl (C=O) groups is 1. The van der Waals surface area contributed by atoms with Gasteiger partial charge in [0, 0.05) is 12.6 Å². The molecule has 2 N–H and O–H groups in total. The molecule has 4 heteroatoms. The van der Waals surface area contributed by atoms with Gasteiger partial charge in [0.05, 0.1) is 13.0 Å². The van der Waals surface area contributed by atoms with Crippen molar-refractivity contribution in [2.24, 2.45) is 5.92 Å². The molecule has 1 aliphatic rings. The van der Waals surface area contributed by atoms with Gasteiger partial charge in [0.15, 0.2) is 0 Å². The third-order valence-corrected chi connectivity index (χ3v) is 3.78. The van der Waals surface area contributed by atoms with E-state index >= 15 is 0 Å². The van der Waals surface area contributed by atoms with Gasteiger partial charge >= 0.3 is 5.97 Å². The van der Waals surface area contributed by atoms with E-state index in [2.05, 4.69) is 5.32 Å². The second kappa shape index (κ2) is 6.57. The summed E-state index contributed by atoms with van der Waals surface area (Å²) < 4.78 is 5.12. The van der Waals surface area contributed by atoms with Crippen LogP contribution in [0, 0.1) is 5.92 Å². The van der Waals surface area contributed by atoms with Crippen molar-refractivity contribution in [3.63, 3.8) is 0 Å². The summed E-state index contributed by atoms with van der Waals surface area (Å²) in [4.78, 5) is 11.0. The molecule has 0 heterocycles. The number of carboxylic acids is 1. The summed E-state index contributed by atoms with van der Waals surface area (Å²) >= 11 is 0. The number of methoxy groups -OCH3 is 1. The number of nitrogens with one attached hydrogen (secondary N) is 1. The highest BCUT2D eigenvalue weighted by molar-refractivity contribution is 5.70. The largest absolute Gasteiger partial charge is 0.497 e. The smallest absolute Gasteiger partial charge is 0.306 e. The molecule has 1 aliphatic carbocycles. The minimum absolute atomic E-state index is 0.179. The lowest BCUT2D eigenvalue weighted by molar-refractivity contribution is -0.143. The van der Waals surface area contributed by atoms with Crippen molar-refractivity contribution < 1.29 is 14.6 Å². The van der Waals surface area contributed by atoms with Crippen molar-refractivity contribution in [2.75, 3.05) is 7.11 Å². The van der Waals surface area contributed by atoms with Crippen molar-refractivity contribution in [1.29, 1.82) is 0 Å². The molecule has 2 atom stereocenters. The van der Waals surface area contributed by atoms with Gasteiger partial charge in [0.25, 0.3) is 0 Å². The topological polar surface area (TPSA) is 58.6 Å². The molecule has 0 aromatic heterocycles. The summed E-state index contributed by atoms with van der Waals surface area (Å²) in [6.45, 7) is 0.779. The number of hydrogen-bond acceptors (Lipinski definition) is 3. The van der Waals surface area contributed by atoms with Crippen LogP contribution in [0.3, 0.4) is 0 Å². The zero-order valence-electron chi connectivity index (χ0n) is 11.3. The van der Waals surface area contributed by atoms with Gasteiger partial charge in [-0.3, -0.25) is 4.79 Å². The Morgan fingerprint density at radius 2 is 2.11 bits per heavy atom. The van der Waals surface area contributed by atoms with E-state index in [0.717, 1.165) is 38.0 Å². The molecule has 1 aromatic rings. The van der Waals surface area contributed by atoms with Gasteiger partial charge in [-0.1, -0.05) is 18.6 Å². The Kier molecular flexibility index (Phi) is 4.80. The minimum Gasteiger partial charge on any atom is -0.497 e. The van der Waals surface area contributed by atoms with E-state index in [1.807, 2.05) is 24.3 Å². The van der Waals surface area contributed by atoms with Gasteiger partial charge in [0.1, 0.15) is 5.75 Å². The summed E-state index contributed by atoms with van der Waals surface area (Å²) in [5.41, 5.74) is 1.19. The highest BCUT2D eigenvalue weighted by Crippen LogP contribution is 2.24. The lowest BCUT2D eigenvalue weighted by atomic mass is 9.86. The van der Waals surface area contributed by atoms with Crippen LogP contribution in [-0.2, 0) is 11.3 Å². The maximum Gasteiger partial charge on any atom is 0.306 e. The van der Waals surface area contributed by atoms with E-state index in [1.54, 1.807) is 7.11 Å². The highest BCUT2D eigenvalue weighted by Gasteiger charge is 2.26. The van der Waals surface area contributed by atoms with E-state index < -0.39 is 5.97 Å². The molecule has 104 valence electrons. The normalized spacial score (nSPS) is 23.0. The van der Waals surface area contributed by atoms with Crippen LogP contribution >= 0.6 is 0 Å². The number of benzene rings is 1. The van der Waals surface area contributed by atoms with Crippen LogP contribution in [0.25, 0.3) is 0 Å². The molecular formula is C15H21NO3. The number of carboxylic acid groups (broad SMARTS) is 1. The van der Waals surface area contributed by atoms with E-state index in [-0.39, 0.29) is 5.92 Å². The van der Waals surface area contributed by atoms with Gasteiger partial charge in [-0.15, -0.1) is 0 Å². The van der Waals surface area contributed by atoms with Crippen LogP contribution in [0.5, 0.6) is 5.75 Å². The van der Waals surface area contributed by atoms with Gasteiger partial charge in [-0.25, -0.2) is 0 Å². The van der Waals surface area contributed by atoms with Crippen LogP contribution in [-0.4, -0.2) is 24.2 Å². The Labute approximate surface area is 113 Å². The van der Waals surface area contributed by atoms with Crippen molar-refractivity contribution in [1.82, 2.24) is 5.32 Å². The van der Waals surface area contributed by atoms with Crippen LogP contribution in [0.1, 0.15) is 31.2 Å². The molecule has 0 amide bonds. The molecule has 0 aliphatic heterocycles. The number of aliphatic carboxylic acids is 1. The van der Waals surface area contributed by atoms with Crippen LogP contribution in [0.15, 0.2) is 24.3 Å². The molecule has 19 heavy (non-hydrogen) atoms. The Morgan fingerprint density at radius 1 is 1.37 bits per heavy atom. The molecule has 1 aromatic carbocycles. The Morgan fingerprint density at radius 3 is 2.74 bits per heavy atom. The molecule has 0 radical (unpaired) electrons. The maximum atomic E-state index is 11.0. The van der Waals surface area contributed by atoms with Gasteiger partial charge in [-0.05, 0) is 37.0 Å². The molecule has 0 bridgehead atoms. The molecule has 2 rings (SSSR count). The Bertz CT molecular complexity index is 416. The molecular weight excluding hydrogens is 242 g/mol. The molecule has 2 unspecified atom stereocenters. The molecule has 1 saturated carbocycles. The zero-order chi connectivity index (χ0) is 13.7. The summed E-state index contributed by atoms with van der Waals surface area (Å²) in [5, 5.41) is 12.5. The first-order valence-electron chi connectivity index (χ1n) is 6.78. The summed E-state index contributed by atoms with van der Waals surface area (Å²) in [7, 11) is 1.65. The number of ether oxygens (including phenoxy) is 1. The summed E-state index contributed by atoms with van der Waals surface area (Å²) in [5.74, 6) is 0.0189. The van der Waals surface area contributed by atoms with Crippen molar-refractivity contribution >= 4 is 5.97 Å². The van der Waals surface area contributed by atoms with E-state index in [9.17, 15) is 4.79 Å². The fourth-order valence-electron chi connectivity index (χ4n) is 2.61. The fourth-order valence-corrected chi connectivity index (χ4v) is 2.61. The van der Waals surface area contributed by atoms with E-state index in [0.29, 0.717) is 6.04 Å².